The molecule has 0 saturated carbocycles. The van der Waals surface area contributed by atoms with Crippen molar-refractivity contribution >= 4 is 5.91 Å². The number of fused-ring (bicyclic) bond motifs is 1. The summed E-state index contributed by atoms with van der Waals surface area (Å²) in [5, 5.41) is 0. The van der Waals surface area contributed by atoms with Gasteiger partial charge in [-0.3, -0.25) is 9.78 Å². The summed E-state index contributed by atoms with van der Waals surface area (Å²) in [6.45, 7) is 1.85. The van der Waals surface area contributed by atoms with E-state index in [1.54, 1.807) is 12.3 Å². The van der Waals surface area contributed by atoms with Crippen molar-refractivity contribution in [1.82, 2.24) is 19.4 Å². The van der Waals surface area contributed by atoms with Crippen LogP contribution in [0.25, 0.3) is 0 Å². The molecule has 1 aliphatic rings. The molecule has 1 aromatic carbocycles. The number of nitrogens with zero attached hydrogens (tertiary/aromatic N) is 4. The van der Waals surface area contributed by atoms with Crippen LogP contribution in [0.4, 0.5) is 0 Å². The maximum Gasteiger partial charge on any atom is 0.257 e. The highest BCUT2D eigenvalue weighted by Gasteiger charge is 2.32. The summed E-state index contributed by atoms with van der Waals surface area (Å²) in [5.41, 5.74) is 4.06. The quantitative estimate of drug-likeness (QED) is 0.538. The molecule has 0 N–H and O–H groups in total. The van der Waals surface area contributed by atoms with Crippen LogP contribution in [0.5, 0.6) is 0 Å². The van der Waals surface area contributed by atoms with Gasteiger partial charge in [-0.25, -0.2) is 4.98 Å². The highest BCUT2D eigenvalue weighted by molar-refractivity contribution is 5.94. The number of imidazole rings is 1. The van der Waals surface area contributed by atoms with Gasteiger partial charge in [-0.05, 0) is 28.8 Å². The highest BCUT2D eigenvalue weighted by atomic mass is 16.3. The Hall–Kier alpha value is -3.67. The third kappa shape index (κ3) is 3.33. The van der Waals surface area contributed by atoms with E-state index in [9.17, 15) is 4.79 Å². The van der Waals surface area contributed by atoms with Gasteiger partial charge < -0.3 is 13.9 Å². The minimum absolute atomic E-state index is 0.00229. The van der Waals surface area contributed by atoms with Crippen molar-refractivity contribution in [2.75, 3.05) is 6.54 Å². The standard InChI is InChI=1S/C23H20N4O2/c28-23(19-7-11-29-16-19)27-14-18-5-1-2-6-20(18)21(15-27)22-25-9-10-26(22)13-17-4-3-8-24-12-17/h1-12,16,21H,13-15H2/t21-/m1/s1. The lowest BCUT2D eigenvalue weighted by atomic mass is 9.88. The van der Waals surface area contributed by atoms with Gasteiger partial charge in [0, 0.05) is 37.9 Å². The smallest absolute Gasteiger partial charge is 0.257 e. The Labute approximate surface area is 168 Å². The average Bonchev–Trinajstić information content (AvgIpc) is 3.45. The van der Waals surface area contributed by atoms with Crippen LogP contribution < -0.4 is 0 Å². The van der Waals surface area contributed by atoms with Gasteiger partial charge in [0.15, 0.2) is 0 Å². The van der Waals surface area contributed by atoms with Gasteiger partial charge in [-0.2, -0.15) is 0 Å². The van der Waals surface area contributed by atoms with E-state index in [0.29, 0.717) is 25.2 Å². The maximum atomic E-state index is 13.0. The number of pyridine rings is 1. The van der Waals surface area contributed by atoms with E-state index in [2.05, 4.69) is 32.7 Å². The van der Waals surface area contributed by atoms with Crippen molar-refractivity contribution in [1.29, 1.82) is 0 Å². The molecular weight excluding hydrogens is 364 g/mol. The number of carbonyl (C=O) groups excluding carboxylic acids is 1. The van der Waals surface area contributed by atoms with Crippen molar-refractivity contribution in [2.45, 2.75) is 19.0 Å². The number of benzene rings is 1. The van der Waals surface area contributed by atoms with Gasteiger partial charge in [0.2, 0.25) is 0 Å². The zero-order valence-corrected chi connectivity index (χ0v) is 15.8. The molecular formula is C23H20N4O2. The predicted octanol–water partition coefficient (Wildman–Crippen LogP) is 3.71. The molecule has 6 nitrogen and oxygen atoms in total. The second-order valence-corrected chi connectivity index (χ2v) is 7.22. The Kier molecular flexibility index (Phi) is 4.44. The van der Waals surface area contributed by atoms with Crippen molar-refractivity contribution in [3.8, 4) is 0 Å². The molecule has 144 valence electrons. The van der Waals surface area contributed by atoms with Gasteiger partial charge in [0.25, 0.3) is 5.91 Å². The van der Waals surface area contributed by atoms with Crippen LogP contribution >= 0.6 is 0 Å². The third-order valence-corrected chi connectivity index (χ3v) is 5.39. The first kappa shape index (κ1) is 17.4. The third-order valence-electron chi connectivity index (χ3n) is 5.39. The number of hydrogen-bond donors (Lipinski definition) is 0. The Morgan fingerprint density at radius 2 is 2.07 bits per heavy atom. The molecule has 4 heterocycles. The van der Waals surface area contributed by atoms with Crippen LogP contribution in [-0.2, 0) is 13.1 Å². The van der Waals surface area contributed by atoms with Gasteiger partial charge in [0.05, 0.1) is 24.3 Å². The average molecular weight is 384 g/mol. The minimum Gasteiger partial charge on any atom is -0.472 e. The molecule has 0 spiro atoms. The summed E-state index contributed by atoms with van der Waals surface area (Å²) < 4.78 is 7.25. The van der Waals surface area contributed by atoms with Crippen LogP contribution in [-0.4, -0.2) is 31.9 Å². The van der Waals surface area contributed by atoms with Crippen molar-refractivity contribution in [3.63, 3.8) is 0 Å². The molecule has 4 aromatic rings. The van der Waals surface area contributed by atoms with Crippen LogP contribution in [0.1, 0.15) is 38.8 Å². The first-order chi connectivity index (χ1) is 14.3. The van der Waals surface area contributed by atoms with Gasteiger partial charge >= 0.3 is 0 Å². The number of furan rings is 1. The lowest BCUT2D eigenvalue weighted by molar-refractivity contribution is 0.0722. The fraction of sp³-hybridized carbons (Fsp3) is 0.174. The highest BCUT2D eigenvalue weighted by Crippen LogP contribution is 2.33. The fourth-order valence-electron chi connectivity index (χ4n) is 4.00. The van der Waals surface area contributed by atoms with Gasteiger partial charge in [0.1, 0.15) is 12.1 Å². The molecule has 6 heteroatoms. The molecule has 5 rings (SSSR count). The molecule has 1 aliphatic heterocycles. The van der Waals surface area contributed by atoms with Gasteiger partial charge in [-0.1, -0.05) is 30.3 Å². The molecule has 3 aromatic heterocycles. The number of amides is 1. The van der Waals surface area contributed by atoms with E-state index in [4.69, 9.17) is 4.42 Å². The Morgan fingerprint density at radius 3 is 2.90 bits per heavy atom. The normalized spacial score (nSPS) is 15.9. The van der Waals surface area contributed by atoms with Crippen LogP contribution in [0, 0.1) is 0 Å². The number of rotatable bonds is 4. The molecule has 0 saturated heterocycles. The predicted molar refractivity (Wildman–Crippen MR) is 107 cm³/mol. The summed E-state index contributed by atoms with van der Waals surface area (Å²) in [5.74, 6) is 0.928. The van der Waals surface area contributed by atoms with E-state index >= 15 is 0 Å². The van der Waals surface area contributed by atoms with Crippen molar-refractivity contribution < 1.29 is 9.21 Å². The number of hydrogen-bond acceptors (Lipinski definition) is 4. The Morgan fingerprint density at radius 1 is 1.14 bits per heavy atom. The van der Waals surface area contributed by atoms with Gasteiger partial charge in [-0.15, -0.1) is 0 Å². The second-order valence-electron chi connectivity index (χ2n) is 7.22. The Bertz CT molecular complexity index is 1120. The second kappa shape index (κ2) is 7.39. The largest absolute Gasteiger partial charge is 0.472 e. The molecule has 29 heavy (non-hydrogen) atoms. The molecule has 0 radical (unpaired) electrons. The SMILES string of the molecule is O=C(c1ccoc1)N1Cc2ccccc2[C@H](c2nccn2Cc2cccnc2)C1. The maximum absolute atomic E-state index is 13.0. The number of aromatic nitrogens is 3. The summed E-state index contributed by atoms with van der Waals surface area (Å²) in [4.78, 5) is 23.8. The molecule has 0 fully saturated rings. The van der Waals surface area contributed by atoms with Crippen molar-refractivity contribution in [3.05, 3.63) is 108 Å². The lowest BCUT2D eigenvalue weighted by Gasteiger charge is -2.34. The van der Waals surface area contributed by atoms with Crippen molar-refractivity contribution in [2.24, 2.45) is 0 Å². The molecule has 0 aliphatic carbocycles. The molecule has 1 atom stereocenters. The summed E-state index contributed by atoms with van der Waals surface area (Å²) in [6, 6.07) is 14.0. The summed E-state index contributed by atoms with van der Waals surface area (Å²) >= 11 is 0. The van der Waals surface area contributed by atoms with E-state index in [1.165, 1.54) is 18.1 Å². The Balaban J connectivity index is 1.51. The topological polar surface area (TPSA) is 64.2 Å². The van der Waals surface area contributed by atoms with E-state index in [-0.39, 0.29) is 11.8 Å². The summed E-state index contributed by atoms with van der Waals surface area (Å²) in [6.07, 6.45) is 10.5. The first-order valence-corrected chi connectivity index (χ1v) is 9.59. The monoisotopic (exact) mass is 384 g/mol. The molecule has 1 amide bonds. The fourth-order valence-corrected chi connectivity index (χ4v) is 4.00. The van der Waals surface area contributed by atoms with E-state index in [0.717, 1.165) is 17.0 Å². The molecule has 0 unspecified atom stereocenters. The molecule has 0 bridgehead atoms. The van der Waals surface area contributed by atoms with E-state index in [1.807, 2.05) is 41.7 Å². The minimum atomic E-state index is -0.0244. The first-order valence-electron chi connectivity index (χ1n) is 9.59. The zero-order valence-electron chi connectivity index (χ0n) is 15.8. The van der Waals surface area contributed by atoms with E-state index < -0.39 is 0 Å². The van der Waals surface area contributed by atoms with Crippen LogP contribution in [0.3, 0.4) is 0 Å². The zero-order chi connectivity index (χ0) is 19.6. The lowest BCUT2D eigenvalue weighted by Crippen LogP contribution is -2.39. The van der Waals surface area contributed by atoms with Crippen LogP contribution in [0.15, 0.2) is 84.2 Å². The number of carbonyl (C=O) groups is 1. The van der Waals surface area contributed by atoms with Crippen LogP contribution in [0.2, 0.25) is 0 Å². The summed E-state index contributed by atoms with van der Waals surface area (Å²) in [7, 11) is 0.